The smallest absolute Gasteiger partial charge is 0.224 e. The van der Waals surface area contributed by atoms with E-state index in [1.54, 1.807) is 0 Å². The van der Waals surface area contributed by atoms with E-state index in [1.807, 2.05) is 20.8 Å². The standard InChI is InChI=1S/C13H24N2O2/c1-9(2)13(3,17)8-15-6-4-5-10-11(15)7-14-12(10)16/h9-11,17H,4-8H2,1-3H3,(H,14,16). The van der Waals surface area contributed by atoms with Crippen molar-refractivity contribution >= 4 is 5.91 Å². The van der Waals surface area contributed by atoms with E-state index in [-0.39, 0.29) is 17.7 Å². The molecule has 2 saturated heterocycles. The third-order valence-electron chi connectivity index (χ3n) is 4.48. The molecule has 2 aliphatic heterocycles. The summed E-state index contributed by atoms with van der Waals surface area (Å²) in [7, 11) is 0. The zero-order chi connectivity index (χ0) is 12.6. The van der Waals surface area contributed by atoms with Crippen molar-refractivity contribution in [1.29, 1.82) is 0 Å². The Labute approximate surface area is 103 Å². The SMILES string of the molecule is CC(C)C(C)(O)CN1CCCC2C(=O)NCC21. The molecule has 2 heterocycles. The molecule has 0 aromatic rings. The number of carbonyl (C=O) groups excluding carboxylic acids is 1. The molecule has 0 saturated carbocycles. The average molecular weight is 240 g/mol. The quantitative estimate of drug-likeness (QED) is 0.760. The summed E-state index contributed by atoms with van der Waals surface area (Å²) >= 11 is 0. The molecule has 3 atom stereocenters. The van der Waals surface area contributed by atoms with Crippen molar-refractivity contribution in [3.05, 3.63) is 0 Å². The fraction of sp³-hybridized carbons (Fsp3) is 0.923. The number of hydrogen-bond donors (Lipinski definition) is 2. The number of piperidine rings is 1. The molecular weight excluding hydrogens is 216 g/mol. The lowest BCUT2D eigenvalue weighted by Gasteiger charge is -2.41. The first kappa shape index (κ1) is 12.8. The van der Waals surface area contributed by atoms with Gasteiger partial charge in [0, 0.05) is 19.1 Å². The van der Waals surface area contributed by atoms with E-state index in [0.29, 0.717) is 12.6 Å². The Kier molecular flexibility index (Phi) is 3.46. The van der Waals surface area contributed by atoms with Gasteiger partial charge >= 0.3 is 0 Å². The van der Waals surface area contributed by atoms with Gasteiger partial charge in [-0.3, -0.25) is 9.69 Å². The van der Waals surface area contributed by atoms with Gasteiger partial charge in [-0.25, -0.2) is 0 Å². The fourth-order valence-electron chi connectivity index (χ4n) is 2.83. The molecule has 2 N–H and O–H groups in total. The van der Waals surface area contributed by atoms with Gasteiger partial charge in [-0.1, -0.05) is 13.8 Å². The number of aliphatic hydroxyl groups is 1. The van der Waals surface area contributed by atoms with Crippen molar-refractivity contribution in [3.8, 4) is 0 Å². The van der Waals surface area contributed by atoms with Gasteiger partial charge in [0.1, 0.15) is 0 Å². The first-order valence-corrected chi connectivity index (χ1v) is 6.66. The number of amides is 1. The Morgan fingerprint density at radius 3 is 2.94 bits per heavy atom. The lowest BCUT2D eigenvalue weighted by molar-refractivity contribution is -0.124. The van der Waals surface area contributed by atoms with Crippen LogP contribution in [0.1, 0.15) is 33.6 Å². The summed E-state index contributed by atoms with van der Waals surface area (Å²) < 4.78 is 0. The Morgan fingerprint density at radius 2 is 2.29 bits per heavy atom. The molecule has 2 aliphatic rings. The van der Waals surface area contributed by atoms with Crippen LogP contribution in [0.15, 0.2) is 0 Å². The fourth-order valence-corrected chi connectivity index (χ4v) is 2.83. The van der Waals surface area contributed by atoms with Gasteiger partial charge in [0.25, 0.3) is 0 Å². The van der Waals surface area contributed by atoms with Gasteiger partial charge in [-0.2, -0.15) is 0 Å². The van der Waals surface area contributed by atoms with Crippen molar-refractivity contribution in [2.45, 2.75) is 45.3 Å². The molecular formula is C13H24N2O2. The number of likely N-dealkylation sites (tertiary alicyclic amines) is 1. The minimum atomic E-state index is -0.673. The highest BCUT2D eigenvalue weighted by atomic mass is 16.3. The van der Waals surface area contributed by atoms with Gasteiger partial charge in [-0.05, 0) is 32.2 Å². The van der Waals surface area contributed by atoms with Gasteiger partial charge in [0.15, 0.2) is 0 Å². The molecule has 0 bridgehead atoms. The first-order chi connectivity index (χ1) is 7.92. The van der Waals surface area contributed by atoms with E-state index in [9.17, 15) is 9.90 Å². The van der Waals surface area contributed by atoms with E-state index in [1.165, 1.54) is 0 Å². The second-order valence-electron chi connectivity index (χ2n) is 6.04. The van der Waals surface area contributed by atoms with Crippen molar-refractivity contribution in [3.63, 3.8) is 0 Å². The third kappa shape index (κ3) is 2.47. The number of nitrogens with zero attached hydrogens (tertiary/aromatic N) is 1. The molecule has 2 fully saturated rings. The van der Waals surface area contributed by atoms with Crippen LogP contribution < -0.4 is 5.32 Å². The zero-order valence-electron chi connectivity index (χ0n) is 11.1. The van der Waals surface area contributed by atoms with Crippen LogP contribution in [-0.2, 0) is 4.79 Å². The molecule has 3 unspecified atom stereocenters. The van der Waals surface area contributed by atoms with Gasteiger partial charge < -0.3 is 10.4 Å². The molecule has 4 nitrogen and oxygen atoms in total. The van der Waals surface area contributed by atoms with Crippen LogP contribution in [0.25, 0.3) is 0 Å². The largest absolute Gasteiger partial charge is 0.389 e. The number of β-amino-alcohol motifs (C(OH)–C–C–N with tert-alkyl or cyclic N) is 1. The van der Waals surface area contributed by atoms with E-state index in [4.69, 9.17) is 0 Å². The molecule has 0 aromatic heterocycles. The van der Waals surface area contributed by atoms with Crippen LogP contribution >= 0.6 is 0 Å². The maximum absolute atomic E-state index is 11.7. The normalized spacial score (nSPS) is 33.4. The Hall–Kier alpha value is -0.610. The number of fused-ring (bicyclic) bond motifs is 1. The molecule has 0 radical (unpaired) electrons. The Balaban J connectivity index is 2.04. The number of nitrogens with one attached hydrogen (secondary N) is 1. The molecule has 0 aromatic carbocycles. The summed E-state index contributed by atoms with van der Waals surface area (Å²) in [5, 5.41) is 13.3. The third-order valence-corrected chi connectivity index (χ3v) is 4.48. The number of hydrogen-bond acceptors (Lipinski definition) is 3. The molecule has 98 valence electrons. The van der Waals surface area contributed by atoms with Gasteiger partial charge in [-0.15, -0.1) is 0 Å². The summed E-state index contributed by atoms with van der Waals surface area (Å²) in [5.74, 6) is 0.573. The highest BCUT2D eigenvalue weighted by Crippen LogP contribution is 2.29. The van der Waals surface area contributed by atoms with Crippen LogP contribution in [-0.4, -0.2) is 47.2 Å². The summed E-state index contributed by atoms with van der Waals surface area (Å²) in [6, 6.07) is 0.293. The second kappa shape index (κ2) is 4.58. The predicted octanol–water partition coefficient (Wildman–Crippen LogP) is 0.604. The van der Waals surface area contributed by atoms with Crippen molar-refractivity contribution in [2.75, 3.05) is 19.6 Å². The summed E-state index contributed by atoms with van der Waals surface area (Å²) in [6.07, 6.45) is 2.06. The predicted molar refractivity (Wildman–Crippen MR) is 66.6 cm³/mol. The average Bonchev–Trinajstić information content (AvgIpc) is 2.61. The Bertz CT molecular complexity index is 302. The minimum Gasteiger partial charge on any atom is -0.389 e. The highest BCUT2D eigenvalue weighted by molar-refractivity contribution is 5.82. The molecule has 0 aliphatic carbocycles. The van der Waals surface area contributed by atoms with Crippen molar-refractivity contribution in [2.24, 2.45) is 11.8 Å². The van der Waals surface area contributed by atoms with Gasteiger partial charge in [0.05, 0.1) is 11.5 Å². The zero-order valence-corrected chi connectivity index (χ0v) is 11.1. The molecule has 4 heteroatoms. The lowest BCUT2D eigenvalue weighted by Crippen LogP contribution is -2.53. The van der Waals surface area contributed by atoms with Crippen LogP contribution in [0.4, 0.5) is 0 Å². The summed E-state index contributed by atoms with van der Waals surface area (Å²) in [6.45, 7) is 8.39. The molecule has 2 rings (SSSR count). The van der Waals surface area contributed by atoms with E-state index >= 15 is 0 Å². The van der Waals surface area contributed by atoms with Crippen LogP contribution in [0.2, 0.25) is 0 Å². The van der Waals surface area contributed by atoms with Crippen molar-refractivity contribution in [1.82, 2.24) is 10.2 Å². The van der Waals surface area contributed by atoms with E-state index < -0.39 is 5.60 Å². The van der Waals surface area contributed by atoms with Crippen LogP contribution in [0, 0.1) is 11.8 Å². The first-order valence-electron chi connectivity index (χ1n) is 6.66. The van der Waals surface area contributed by atoms with Gasteiger partial charge in [0.2, 0.25) is 5.91 Å². The summed E-state index contributed by atoms with van der Waals surface area (Å²) in [5.41, 5.74) is -0.673. The molecule has 17 heavy (non-hydrogen) atoms. The Morgan fingerprint density at radius 1 is 1.59 bits per heavy atom. The van der Waals surface area contributed by atoms with Crippen molar-refractivity contribution < 1.29 is 9.90 Å². The monoisotopic (exact) mass is 240 g/mol. The molecule has 1 amide bonds. The maximum Gasteiger partial charge on any atom is 0.224 e. The molecule has 0 spiro atoms. The minimum absolute atomic E-state index is 0.145. The lowest BCUT2D eigenvalue weighted by atomic mass is 9.87. The van der Waals surface area contributed by atoms with Crippen LogP contribution in [0.5, 0.6) is 0 Å². The number of carbonyl (C=O) groups is 1. The number of rotatable bonds is 3. The summed E-state index contributed by atoms with van der Waals surface area (Å²) in [4.78, 5) is 14.0. The maximum atomic E-state index is 11.7. The van der Waals surface area contributed by atoms with Crippen LogP contribution in [0.3, 0.4) is 0 Å². The highest BCUT2D eigenvalue weighted by Gasteiger charge is 2.42. The van der Waals surface area contributed by atoms with E-state index in [2.05, 4.69) is 10.2 Å². The topological polar surface area (TPSA) is 52.6 Å². The second-order valence-corrected chi connectivity index (χ2v) is 6.04. The van der Waals surface area contributed by atoms with E-state index in [0.717, 1.165) is 25.9 Å².